The molecule has 11 rings (SSSR count). The average Bonchev–Trinajstić information content (AvgIpc) is 3.89. The minimum atomic E-state index is 0.583. The molecule has 57 heavy (non-hydrogen) atoms. The summed E-state index contributed by atoms with van der Waals surface area (Å²) in [6.45, 7) is 0. The van der Waals surface area contributed by atoms with Crippen LogP contribution in [0.4, 0.5) is 17.1 Å². The fraction of sp³-hybridized carbons (Fsp3) is 0. The number of aromatic nitrogens is 1. The van der Waals surface area contributed by atoms with Gasteiger partial charge in [-0.05, 0) is 111 Å². The molecule has 0 fully saturated rings. The number of furan rings is 1. The van der Waals surface area contributed by atoms with Crippen molar-refractivity contribution in [1.29, 1.82) is 0 Å². The monoisotopic (exact) mass is 730 g/mol. The standard InChI is InChI=1S/C53H34N2O2/c1-3-10-35(11-4-1)38-18-21-40(22-19-38)53-54-52-49(57-53)31-30-48-51(52)47-29-28-46(34-50(47)56-48)55(45-17-9-16-42(33-45)36-12-5-2-6-13-36)44-26-24-39(25-27-44)43-23-20-37-14-7-8-15-41(37)32-43/h1-34H. The lowest BCUT2D eigenvalue weighted by molar-refractivity contribution is 0.619. The Morgan fingerprint density at radius 1 is 0.333 bits per heavy atom. The molecule has 0 aliphatic heterocycles. The highest BCUT2D eigenvalue weighted by molar-refractivity contribution is 6.17. The average molecular weight is 731 g/mol. The Morgan fingerprint density at radius 3 is 1.68 bits per heavy atom. The maximum Gasteiger partial charge on any atom is 0.227 e. The molecule has 4 heteroatoms. The second-order valence-corrected chi connectivity index (χ2v) is 14.4. The highest BCUT2D eigenvalue weighted by Crippen LogP contribution is 2.42. The number of nitrogens with zero attached hydrogens (tertiary/aromatic N) is 2. The van der Waals surface area contributed by atoms with Gasteiger partial charge in [-0.3, -0.25) is 0 Å². The summed E-state index contributed by atoms with van der Waals surface area (Å²) < 4.78 is 13.0. The van der Waals surface area contributed by atoms with Crippen molar-refractivity contribution in [3.63, 3.8) is 0 Å². The molecule has 0 aliphatic rings. The molecule has 9 aromatic carbocycles. The van der Waals surface area contributed by atoms with Crippen molar-refractivity contribution in [2.24, 2.45) is 0 Å². The third-order valence-electron chi connectivity index (χ3n) is 10.9. The summed E-state index contributed by atoms with van der Waals surface area (Å²) in [7, 11) is 0. The molecular weight excluding hydrogens is 697 g/mol. The van der Waals surface area contributed by atoms with Crippen molar-refractivity contribution in [3.8, 4) is 44.8 Å². The minimum Gasteiger partial charge on any atom is -0.456 e. The van der Waals surface area contributed by atoms with Crippen LogP contribution >= 0.6 is 0 Å². The van der Waals surface area contributed by atoms with Crippen LogP contribution in [0, 0.1) is 0 Å². The SMILES string of the molecule is c1ccc(-c2ccc(-c3nc4c(ccc5oc6cc(N(c7ccc(-c8ccc9ccccc9c8)cc7)c7cccc(-c8ccccc8)c7)ccc6c54)o3)cc2)cc1. The molecule has 2 aromatic heterocycles. The van der Waals surface area contributed by atoms with Gasteiger partial charge in [-0.25, -0.2) is 4.98 Å². The molecular formula is C53H34N2O2. The predicted molar refractivity (Wildman–Crippen MR) is 235 cm³/mol. The molecule has 0 unspecified atom stereocenters. The van der Waals surface area contributed by atoms with Crippen LogP contribution in [0.2, 0.25) is 0 Å². The van der Waals surface area contributed by atoms with Gasteiger partial charge in [0.25, 0.3) is 0 Å². The predicted octanol–water partition coefficient (Wildman–Crippen LogP) is 15.0. The van der Waals surface area contributed by atoms with Crippen LogP contribution < -0.4 is 4.90 Å². The van der Waals surface area contributed by atoms with Crippen molar-refractivity contribution in [2.75, 3.05) is 4.90 Å². The van der Waals surface area contributed by atoms with E-state index in [2.05, 4.69) is 193 Å². The second-order valence-electron chi connectivity index (χ2n) is 14.4. The molecule has 2 heterocycles. The molecule has 0 bridgehead atoms. The van der Waals surface area contributed by atoms with Crippen molar-refractivity contribution in [1.82, 2.24) is 4.98 Å². The molecule has 0 amide bonds. The zero-order valence-electron chi connectivity index (χ0n) is 30.8. The van der Waals surface area contributed by atoms with Crippen LogP contribution in [0.3, 0.4) is 0 Å². The second kappa shape index (κ2) is 13.6. The Balaban J connectivity index is 0.999. The Kier molecular flexibility index (Phi) is 7.78. The van der Waals surface area contributed by atoms with Gasteiger partial charge in [-0.2, -0.15) is 0 Å². The largest absolute Gasteiger partial charge is 0.456 e. The lowest BCUT2D eigenvalue weighted by atomic mass is 10.0. The van der Waals surface area contributed by atoms with E-state index in [1.807, 2.05) is 18.2 Å². The van der Waals surface area contributed by atoms with Gasteiger partial charge in [-0.15, -0.1) is 0 Å². The van der Waals surface area contributed by atoms with Crippen molar-refractivity contribution >= 4 is 60.9 Å². The summed E-state index contributed by atoms with van der Waals surface area (Å²) in [4.78, 5) is 7.34. The summed E-state index contributed by atoms with van der Waals surface area (Å²) in [5, 5.41) is 4.40. The Bertz CT molecular complexity index is 3220. The number of oxazole rings is 1. The number of hydrogen-bond acceptors (Lipinski definition) is 4. The minimum absolute atomic E-state index is 0.583. The van der Waals surface area contributed by atoms with Crippen molar-refractivity contribution < 1.29 is 8.83 Å². The molecule has 4 nitrogen and oxygen atoms in total. The van der Waals surface area contributed by atoms with E-state index in [0.717, 1.165) is 66.8 Å². The molecule has 0 N–H and O–H groups in total. The van der Waals surface area contributed by atoms with Crippen LogP contribution in [0.25, 0.3) is 88.6 Å². The first-order valence-corrected chi connectivity index (χ1v) is 19.2. The quantitative estimate of drug-likeness (QED) is 0.164. The summed E-state index contributed by atoms with van der Waals surface area (Å²) in [5.41, 5.74) is 14.1. The van der Waals surface area contributed by atoms with Crippen LogP contribution in [0.1, 0.15) is 0 Å². The van der Waals surface area contributed by atoms with E-state index in [0.29, 0.717) is 5.89 Å². The first-order chi connectivity index (χ1) is 28.2. The highest BCUT2D eigenvalue weighted by atomic mass is 16.4. The van der Waals surface area contributed by atoms with Crippen molar-refractivity contribution in [2.45, 2.75) is 0 Å². The van der Waals surface area contributed by atoms with Gasteiger partial charge in [0, 0.05) is 34.1 Å². The third kappa shape index (κ3) is 5.92. The lowest BCUT2D eigenvalue weighted by Crippen LogP contribution is -2.10. The molecule has 0 saturated heterocycles. The van der Waals surface area contributed by atoms with Gasteiger partial charge in [0.15, 0.2) is 5.58 Å². The number of rotatable bonds is 7. The third-order valence-corrected chi connectivity index (χ3v) is 10.9. The molecule has 0 spiro atoms. The van der Waals surface area contributed by atoms with E-state index >= 15 is 0 Å². The number of anilines is 3. The Hall–Kier alpha value is -7.69. The molecule has 11 aromatic rings. The van der Waals surface area contributed by atoms with E-state index < -0.39 is 0 Å². The number of hydrogen-bond donors (Lipinski definition) is 0. The summed E-state index contributed by atoms with van der Waals surface area (Å²) in [6.07, 6.45) is 0. The molecule has 0 aliphatic carbocycles. The van der Waals surface area contributed by atoms with E-state index in [4.69, 9.17) is 13.8 Å². The van der Waals surface area contributed by atoms with Gasteiger partial charge >= 0.3 is 0 Å². The van der Waals surface area contributed by atoms with Crippen LogP contribution in [0.5, 0.6) is 0 Å². The summed E-state index contributed by atoms with van der Waals surface area (Å²) in [5.74, 6) is 0.583. The van der Waals surface area contributed by atoms with E-state index in [-0.39, 0.29) is 0 Å². The molecule has 268 valence electrons. The Labute approximate surface area is 329 Å². The zero-order chi connectivity index (χ0) is 37.7. The molecule has 0 radical (unpaired) electrons. The fourth-order valence-corrected chi connectivity index (χ4v) is 8.01. The lowest BCUT2D eigenvalue weighted by Gasteiger charge is -2.26. The normalized spacial score (nSPS) is 11.5. The van der Waals surface area contributed by atoms with Gasteiger partial charge in [-0.1, -0.05) is 133 Å². The van der Waals surface area contributed by atoms with Gasteiger partial charge in [0.2, 0.25) is 5.89 Å². The number of benzene rings is 9. The van der Waals surface area contributed by atoms with Crippen LogP contribution in [-0.4, -0.2) is 4.98 Å². The van der Waals surface area contributed by atoms with Gasteiger partial charge in [0.1, 0.15) is 16.7 Å². The van der Waals surface area contributed by atoms with Gasteiger partial charge < -0.3 is 13.7 Å². The fourth-order valence-electron chi connectivity index (χ4n) is 8.01. The summed E-state index contributed by atoms with van der Waals surface area (Å²) >= 11 is 0. The topological polar surface area (TPSA) is 42.4 Å². The maximum atomic E-state index is 6.60. The molecule has 0 saturated carbocycles. The zero-order valence-corrected chi connectivity index (χ0v) is 30.8. The summed E-state index contributed by atoms with van der Waals surface area (Å²) in [6, 6.07) is 72.3. The van der Waals surface area contributed by atoms with Crippen LogP contribution in [-0.2, 0) is 0 Å². The number of fused-ring (bicyclic) bond motifs is 6. The molecule has 0 atom stereocenters. The van der Waals surface area contributed by atoms with Crippen molar-refractivity contribution in [3.05, 3.63) is 206 Å². The van der Waals surface area contributed by atoms with Crippen LogP contribution in [0.15, 0.2) is 215 Å². The smallest absolute Gasteiger partial charge is 0.227 e. The van der Waals surface area contributed by atoms with E-state index in [1.54, 1.807) is 0 Å². The first kappa shape index (κ1) is 32.7. The van der Waals surface area contributed by atoms with Gasteiger partial charge in [0.05, 0.1) is 5.39 Å². The highest BCUT2D eigenvalue weighted by Gasteiger charge is 2.20. The van der Waals surface area contributed by atoms with E-state index in [1.165, 1.54) is 33.0 Å². The van der Waals surface area contributed by atoms with E-state index in [9.17, 15) is 0 Å². The Morgan fingerprint density at radius 2 is 0.895 bits per heavy atom. The first-order valence-electron chi connectivity index (χ1n) is 19.2. The maximum absolute atomic E-state index is 6.60.